The van der Waals surface area contributed by atoms with Crippen LogP contribution in [0.25, 0.3) is 6.08 Å². The molecule has 0 aliphatic carbocycles. The van der Waals surface area contributed by atoms with Gasteiger partial charge >= 0.3 is 0 Å². The van der Waals surface area contributed by atoms with Gasteiger partial charge in [-0.15, -0.1) is 0 Å². The van der Waals surface area contributed by atoms with Crippen molar-refractivity contribution in [2.24, 2.45) is 0 Å². The Hall–Kier alpha value is -1.02. The maximum absolute atomic E-state index is 5.45. The summed E-state index contributed by atoms with van der Waals surface area (Å²) in [4.78, 5) is 1.81. The van der Waals surface area contributed by atoms with Crippen molar-refractivity contribution in [1.29, 1.82) is 0 Å². The Morgan fingerprint density at radius 2 is 2.15 bits per heavy atom. The van der Waals surface area contributed by atoms with E-state index in [1.165, 1.54) is 0 Å². The van der Waals surface area contributed by atoms with Crippen molar-refractivity contribution >= 4 is 22.0 Å². The van der Waals surface area contributed by atoms with Gasteiger partial charge in [0.05, 0.1) is 0 Å². The van der Waals surface area contributed by atoms with Gasteiger partial charge in [0.1, 0.15) is 12.4 Å². The van der Waals surface area contributed by atoms with Crippen LogP contribution in [0.4, 0.5) is 0 Å². The Kier molecular flexibility index (Phi) is 4.33. The molecule has 0 radical (unpaired) electrons. The van der Waals surface area contributed by atoms with Gasteiger partial charge in [0, 0.05) is 5.56 Å². The second-order valence-electron chi connectivity index (χ2n) is 2.43. The number of hydrogen-bond donors (Lipinski definition) is 0. The van der Waals surface area contributed by atoms with Crippen LogP contribution in [0.15, 0.2) is 41.9 Å². The minimum Gasteiger partial charge on any atom is -0.489 e. The van der Waals surface area contributed by atoms with Gasteiger partial charge in [-0.05, 0) is 17.1 Å². The molecule has 0 unspecified atom stereocenters. The summed E-state index contributed by atoms with van der Waals surface area (Å²) < 4.78 is 5.45. The van der Waals surface area contributed by atoms with Crippen LogP contribution in [0, 0.1) is 0 Å². The molecular weight excluding hydrogens is 228 g/mol. The largest absolute Gasteiger partial charge is 0.489 e. The summed E-state index contributed by atoms with van der Waals surface area (Å²) in [6.07, 6.45) is 3.67. The van der Waals surface area contributed by atoms with Gasteiger partial charge in [-0.1, -0.05) is 46.8 Å². The maximum Gasteiger partial charge on any atom is 0.127 e. The van der Waals surface area contributed by atoms with E-state index in [0.717, 1.165) is 11.3 Å². The number of ether oxygens (including phenoxy) is 1. The molecule has 1 aromatic rings. The Balaban J connectivity index is 2.83. The van der Waals surface area contributed by atoms with Crippen molar-refractivity contribution in [3.63, 3.8) is 0 Å². The van der Waals surface area contributed by atoms with Crippen LogP contribution in [0.5, 0.6) is 5.75 Å². The van der Waals surface area contributed by atoms with E-state index in [4.69, 9.17) is 4.74 Å². The van der Waals surface area contributed by atoms with Gasteiger partial charge in [-0.25, -0.2) is 0 Å². The Bertz CT molecular complexity index is 305. The zero-order chi connectivity index (χ0) is 9.52. The second-order valence-corrected chi connectivity index (χ2v) is 2.96. The molecule has 0 spiro atoms. The van der Waals surface area contributed by atoms with E-state index >= 15 is 0 Å². The summed E-state index contributed by atoms with van der Waals surface area (Å²) in [6, 6.07) is 7.86. The maximum atomic E-state index is 5.45. The van der Waals surface area contributed by atoms with Gasteiger partial charge in [0.15, 0.2) is 0 Å². The number of halogens is 1. The molecule has 0 fully saturated rings. The molecule has 0 amide bonds. The molecule has 0 heterocycles. The summed E-state index contributed by atoms with van der Waals surface area (Å²) in [5.41, 5.74) is 1.06. The lowest BCUT2D eigenvalue weighted by Crippen LogP contribution is -1.94. The first-order valence-corrected chi connectivity index (χ1v) is 4.89. The molecule has 2 heteroatoms. The van der Waals surface area contributed by atoms with Gasteiger partial charge < -0.3 is 4.74 Å². The molecule has 1 rings (SSSR count). The van der Waals surface area contributed by atoms with Crippen LogP contribution in [0.2, 0.25) is 0 Å². The number of para-hydroxylation sites is 1. The molecule has 1 nitrogen and oxygen atoms in total. The highest BCUT2D eigenvalue weighted by Crippen LogP contribution is 2.19. The molecule has 0 aliphatic heterocycles. The summed E-state index contributed by atoms with van der Waals surface area (Å²) in [6.45, 7) is 4.13. The average Bonchev–Trinajstić information content (AvgIpc) is 2.17. The second kappa shape index (κ2) is 5.60. The SMILES string of the molecule is C=CCOc1ccccc1/C=C\Br. The first-order chi connectivity index (χ1) is 6.38. The summed E-state index contributed by atoms with van der Waals surface area (Å²) in [7, 11) is 0. The molecule has 1 aromatic carbocycles. The molecule has 0 bridgehead atoms. The van der Waals surface area contributed by atoms with E-state index in [1.54, 1.807) is 6.08 Å². The van der Waals surface area contributed by atoms with Crippen LogP contribution in [0.1, 0.15) is 5.56 Å². The lowest BCUT2D eigenvalue weighted by molar-refractivity contribution is 0.362. The molecule has 0 saturated carbocycles. The number of rotatable bonds is 4. The average molecular weight is 239 g/mol. The summed E-state index contributed by atoms with van der Waals surface area (Å²) in [5, 5.41) is 0. The molecule has 0 aliphatic rings. The fraction of sp³-hybridized carbons (Fsp3) is 0.0909. The van der Waals surface area contributed by atoms with Crippen molar-refractivity contribution < 1.29 is 4.74 Å². The lowest BCUT2D eigenvalue weighted by Gasteiger charge is -2.05. The van der Waals surface area contributed by atoms with Crippen LogP contribution in [0.3, 0.4) is 0 Å². The van der Waals surface area contributed by atoms with Gasteiger partial charge in [0.2, 0.25) is 0 Å². The molecule has 0 aromatic heterocycles. The fourth-order valence-electron chi connectivity index (χ4n) is 0.966. The van der Waals surface area contributed by atoms with Crippen molar-refractivity contribution in [2.75, 3.05) is 6.61 Å². The van der Waals surface area contributed by atoms with E-state index in [1.807, 2.05) is 35.3 Å². The number of benzene rings is 1. The highest BCUT2D eigenvalue weighted by Gasteiger charge is 1.96. The predicted molar refractivity (Wildman–Crippen MR) is 60.1 cm³/mol. The molecule has 0 saturated heterocycles. The summed E-state index contributed by atoms with van der Waals surface area (Å²) >= 11 is 3.23. The Morgan fingerprint density at radius 3 is 2.85 bits per heavy atom. The van der Waals surface area contributed by atoms with Gasteiger partial charge in [-0.3, -0.25) is 0 Å². The standard InChI is InChI=1S/C11H11BrO/c1-2-9-13-11-6-4-3-5-10(11)7-8-12/h2-8H,1,9H2/b8-7-. The first-order valence-electron chi connectivity index (χ1n) is 3.98. The molecule has 0 N–H and O–H groups in total. The van der Waals surface area contributed by atoms with Crippen molar-refractivity contribution in [3.05, 3.63) is 47.5 Å². The molecule has 0 atom stereocenters. The quantitative estimate of drug-likeness (QED) is 0.729. The summed E-state index contributed by atoms with van der Waals surface area (Å²) in [5.74, 6) is 0.873. The van der Waals surface area contributed by atoms with Gasteiger partial charge in [0.25, 0.3) is 0 Å². The van der Waals surface area contributed by atoms with E-state index in [0.29, 0.717) is 6.61 Å². The fourth-order valence-corrected chi connectivity index (χ4v) is 1.25. The number of hydrogen-bond acceptors (Lipinski definition) is 1. The third kappa shape index (κ3) is 3.07. The minimum absolute atomic E-state index is 0.535. The monoisotopic (exact) mass is 238 g/mol. The van der Waals surface area contributed by atoms with Crippen LogP contribution in [-0.2, 0) is 0 Å². The van der Waals surface area contributed by atoms with Crippen molar-refractivity contribution in [2.45, 2.75) is 0 Å². The van der Waals surface area contributed by atoms with Crippen LogP contribution >= 0.6 is 15.9 Å². The predicted octanol–water partition coefficient (Wildman–Crippen LogP) is 3.62. The van der Waals surface area contributed by atoms with Crippen LogP contribution in [-0.4, -0.2) is 6.61 Å². The topological polar surface area (TPSA) is 9.23 Å². The van der Waals surface area contributed by atoms with Crippen LogP contribution < -0.4 is 4.74 Å². The normalized spacial score (nSPS) is 10.2. The van der Waals surface area contributed by atoms with Crippen molar-refractivity contribution in [3.8, 4) is 5.75 Å². The minimum atomic E-state index is 0.535. The first kappa shape index (κ1) is 10.1. The highest BCUT2D eigenvalue weighted by atomic mass is 79.9. The third-order valence-corrected chi connectivity index (χ3v) is 1.78. The zero-order valence-corrected chi connectivity index (χ0v) is 8.83. The molecular formula is C11H11BrO. The van der Waals surface area contributed by atoms with Gasteiger partial charge in [-0.2, -0.15) is 0 Å². The molecule has 13 heavy (non-hydrogen) atoms. The molecule has 68 valence electrons. The van der Waals surface area contributed by atoms with E-state index < -0.39 is 0 Å². The Labute approximate surface area is 86.9 Å². The lowest BCUT2D eigenvalue weighted by atomic mass is 10.2. The highest BCUT2D eigenvalue weighted by molar-refractivity contribution is 9.11. The van der Waals surface area contributed by atoms with E-state index in [9.17, 15) is 0 Å². The van der Waals surface area contributed by atoms with E-state index in [-0.39, 0.29) is 0 Å². The smallest absolute Gasteiger partial charge is 0.127 e. The third-order valence-electron chi connectivity index (χ3n) is 1.52. The van der Waals surface area contributed by atoms with E-state index in [2.05, 4.69) is 22.5 Å². The zero-order valence-electron chi connectivity index (χ0n) is 7.24. The van der Waals surface area contributed by atoms with Crippen molar-refractivity contribution in [1.82, 2.24) is 0 Å². The Morgan fingerprint density at radius 1 is 1.38 bits per heavy atom.